The van der Waals surface area contributed by atoms with Crippen molar-refractivity contribution in [2.75, 3.05) is 5.32 Å². The van der Waals surface area contributed by atoms with Gasteiger partial charge < -0.3 is 5.32 Å². The highest BCUT2D eigenvalue weighted by atomic mass is 15.3. The Morgan fingerprint density at radius 3 is 2.75 bits per heavy atom. The molecule has 16 heavy (non-hydrogen) atoms. The van der Waals surface area contributed by atoms with Gasteiger partial charge in [0.1, 0.15) is 17.5 Å². The lowest BCUT2D eigenvalue weighted by Gasteiger charge is -2.03. The second-order valence-electron chi connectivity index (χ2n) is 3.57. The van der Waals surface area contributed by atoms with E-state index in [4.69, 9.17) is 5.26 Å². The molecule has 0 saturated heterocycles. The van der Waals surface area contributed by atoms with Gasteiger partial charge in [0, 0.05) is 20.3 Å². The molecule has 82 valence electrons. The Hall–Kier alpha value is -2.29. The van der Waals surface area contributed by atoms with Crippen molar-refractivity contribution in [3.8, 4) is 6.07 Å². The van der Waals surface area contributed by atoms with Crippen molar-refractivity contribution in [1.82, 2.24) is 19.6 Å². The normalized spacial score (nSPS) is 10.1. The molecule has 0 fully saturated rings. The molecule has 0 aliphatic rings. The first kappa shape index (κ1) is 10.2. The fourth-order valence-electron chi connectivity index (χ4n) is 1.56. The quantitative estimate of drug-likeness (QED) is 0.815. The van der Waals surface area contributed by atoms with Gasteiger partial charge in [-0.25, -0.2) is 0 Å². The third-order valence-electron chi connectivity index (χ3n) is 2.30. The summed E-state index contributed by atoms with van der Waals surface area (Å²) in [6, 6.07) is 2.14. The summed E-state index contributed by atoms with van der Waals surface area (Å²) >= 11 is 0. The standard InChI is InChI=1S/C10H12N6/c1-7-9(4-11)10(16(3)14-7)13-8-5-12-15(2)6-8/h5-6,13H,1-3H3. The Bertz CT molecular complexity index is 556. The van der Waals surface area contributed by atoms with Crippen LogP contribution in [-0.4, -0.2) is 19.6 Å². The monoisotopic (exact) mass is 216 g/mol. The van der Waals surface area contributed by atoms with Gasteiger partial charge >= 0.3 is 0 Å². The number of rotatable bonds is 2. The number of anilines is 2. The number of hydrogen-bond acceptors (Lipinski definition) is 4. The van der Waals surface area contributed by atoms with E-state index in [2.05, 4.69) is 21.6 Å². The van der Waals surface area contributed by atoms with Crippen molar-refractivity contribution < 1.29 is 0 Å². The molecule has 0 saturated carbocycles. The van der Waals surface area contributed by atoms with Crippen molar-refractivity contribution >= 4 is 11.5 Å². The van der Waals surface area contributed by atoms with E-state index in [0.29, 0.717) is 11.4 Å². The van der Waals surface area contributed by atoms with E-state index in [0.717, 1.165) is 11.4 Å². The lowest BCUT2D eigenvalue weighted by molar-refractivity contribution is 0.763. The minimum absolute atomic E-state index is 0.561. The van der Waals surface area contributed by atoms with Gasteiger partial charge in [0.25, 0.3) is 0 Å². The van der Waals surface area contributed by atoms with Crippen molar-refractivity contribution in [2.24, 2.45) is 14.1 Å². The molecule has 1 N–H and O–H groups in total. The van der Waals surface area contributed by atoms with Crippen LogP contribution in [0.25, 0.3) is 0 Å². The molecule has 0 aliphatic heterocycles. The van der Waals surface area contributed by atoms with Gasteiger partial charge in [0.05, 0.1) is 17.6 Å². The molecule has 0 spiro atoms. The van der Waals surface area contributed by atoms with E-state index in [-0.39, 0.29) is 0 Å². The van der Waals surface area contributed by atoms with Gasteiger partial charge in [-0.05, 0) is 6.92 Å². The maximum atomic E-state index is 9.03. The van der Waals surface area contributed by atoms with E-state index in [1.807, 2.05) is 20.2 Å². The Labute approximate surface area is 93.1 Å². The molecule has 0 radical (unpaired) electrons. The third kappa shape index (κ3) is 1.63. The minimum atomic E-state index is 0.561. The first-order chi connectivity index (χ1) is 7.61. The fourth-order valence-corrected chi connectivity index (χ4v) is 1.56. The molecule has 0 amide bonds. The number of nitrogens with one attached hydrogen (secondary N) is 1. The highest BCUT2D eigenvalue weighted by molar-refractivity contribution is 5.63. The van der Waals surface area contributed by atoms with Crippen LogP contribution in [-0.2, 0) is 14.1 Å². The van der Waals surface area contributed by atoms with Gasteiger partial charge in [0.2, 0.25) is 0 Å². The molecule has 6 nitrogen and oxygen atoms in total. The van der Waals surface area contributed by atoms with Crippen molar-refractivity contribution in [3.63, 3.8) is 0 Å². The summed E-state index contributed by atoms with van der Waals surface area (Å²) in [5, 5.41) is 20.4. The summed E-state index contributed by atoms with van der Waals surface area (Å²) in [5.41, 5.74) is 2.12. The van der Waals surface area contributed by atoms with Crippen molar-refractivity contribution in [1.29, 1.82) is 5.26 Å². The topological polar surface area (TPSA) is 71.5 Å². The molecule has 0 aromatic carbocycles. The predicted octanol–water partition coefficient (Wildman–Crippen LogP) is 1.08. The number of nitrogens with zero attached hydrogens (tertiary/aromatic N) is 5. The van der Waals surface area contributed by atoms with Gasteiger partial charge in [-0.3, -0.25) is 9.36 Å². The number of aromatic nitrogens is 4. The molecule has 0 unspecified atom stereocenters. The second kappa shape index (κ2) is 3.70. The molecule has 2 aromatic heterocycles. The van der Waals surface area contributed by atoms with Crippen LogP contribution in [0, 0.1) is 18.3 Å². The summed E-state index contributed by atoms with van der Waals surface area (Å²) in [6.07, 6.45) is 3.53. The average Bonchev–Trinajstić information content (AvgIpc) is 2.73. The molecular weight excluding hydrogens is 204 g/mol. The Morgan fingerprint density at radius 1 is 1.44 bits per heavy atom. The van der Waals surface area contributed by atoms with Crippen molar-refractivity contribution in [2.45, 2.75) is 6.92 Å². The van der Waals surface area contributed by atoms with Crippen LogP contribution in [0.3, 0.4) is 0 Å². The Kier molecular flexibility index (Phi) is 2.37. The Morgan fingerprint density at radius 2 is 2.19 bits per heavy atom. The van der Waals surface area contributed by atoms with E-state index in [1.54, 1.807) is 22.6 Å². The zero-order chi connectivity index (χ0) is 11.7. The zero-order valence-corrected chi connectivity index (χ0v) is 9.39. The number of hydrogen-bond donors (Lipinski definition) is 1. The molecule has 2 rings (SSSR count). The van der Waals surface area contributed by atoms with Crippen LogP contribution in [0.15, 0.2) is 12.4 Å². The summed E-state index contributed by atoms with van der Waals surface area (Å²) < 4.78 is 3.35. The van der Waals surface area contributed by atoms with Crippen molar-refractivity contribution in [3.05, 3.63) is 23.7 Å². The lowest BCUT2D eigenvalue weighted by Crippen LogP contribution is -1.99. The molecular formula is C10H12N6. The predicted molar refractivity (Wildman–Crippen MR) is 59.2 cm³/mol. The van der Waals surface area contributed by atoms with Gasteiger partial charge in [-0.2, -0.15) is 15.5 Å². The summed E-state index contributed by atoms with van der Waals surface area (Å²) in [5.74, 6) is 0.688. The second-order valence-corrected chi connectivity index (χ2v) is 3.57. The van der Waals surface area contributed by atoms with E-state index in [9.17, 15) is 0 Å². The molecule has 0 bridgehead atoms. The SMILES string of the molecule is Cc1nn(C)c(Nc2cnn(C)c2)c1C#N. The van der Waals surface area contributed by atoms with Crippen LogP contribution >= 0.6 is 0 Å². The molecule has 6 heteroatoms. The maximum absolute atomic E-state index is 9.03. The lowest BCUT2D eigenvalue weighted by atomic mass is 10.2. The molecule has 0 aliphatic carbocycles. The maximum Gasteiger partial charge on any atom is 0.146 e. The van der Waals surface area contributed by atoms with Crippen LogP contribution in [0.5, 0.6) is 0 Å². The Balaban J connectivity index is 2.38. The average molecular weight is 216 g/mol. The highest BCUT2D eigenvalue weighted by Crippen LogP contribution is 2.21. The summed E-state index contributed by atoms with van der Waals surface area (Å²) in [4.78, 5) is 0. The van der Waals surface area contributed by atoms with Crippen LogP contribution in [0.1, 0.15) is 11.3 Å². The van der Waals surface area contributed by atoms with Crippen LogP contribution < -0.4 is 5.32 Å². The van der Waals surface area contributed by atoms with Gasteiger partial charge in [0.15, 0.2) is 0 Å². The first-order valence-corrected chi connectivity index (χ1v) is 4.81. The van der Waals surface area contributed by atoms with Crippen LogP contribution in [0.4, 0.5) is 11.5 Å². The molecule has 2 heterocycles. The smallest absolute Gasteiger partial charge is 0.146 e. The zero-order valence-electron chi connectivity index (χ0n) is 9.39. The molecule has 0 atom stereocenters. The van der Waals surface area contributed by atoms with E-state index < -0.39 is 0 Å². The van der Waals surface area contributed by atoms with Gasteiger partial charge in [-0.15, -0.1) is 0 Å². The third-order valence-corrected chi connectivity index (χ3v) is 2.30. The first-order valence-electron chi connectivity index (χ1n) is 4.81. The number of nitriles is 1. The van der Waals surface area contributed by atoms with E-state index in [1.165, 1.54) is 0 Å². The summed E-state index contributed by atoms with van der Waals surface area (Å²) in [6.45, 7) is 1.81. The van der Waals surface area contributed by atoms with E-state index >= 15 is 0 Å². The fraction of sp³-hybridized carbons (Fsp3) is 0.300. The highest BCUT2D eigenvalue weighted by Gasteiger charge is 2.13. The van der Waals surface area contributed by atoms with Crippen LogP contribution in [0.2, 0.25) is 0 Å². The minimum Gasteiger partial charge on any atom is -0.337 e. The number of aryl methyl sites for hydroxylation is 3. The molecule has 2 aromatic rings. The largest absolute Gasteiger partial charge is 0.337 e. The summed E-state index contributed by atoms with van der Waals surface area (Å²) in [7, 11) is 3.64. The van der Waals surface area contributed by atoms with Gasteiger partial charge in [-0.1, -0.05) is 0 Å².